The number of piperidine rings is 2. The molecule has 2 aliphatic heterocycles. The molecule has 1 aromatic carbocycles. The van der Waals surface area contributed by atoms with Gasteiger partial charge in [0.1, 0.15) is 0 Å². The average Bonchev–Trinajstić information content (AvgIpc) is 2.78. The molecular formula is C24H38N4O5S. The molecule has 2 fully saturated rings. The van der Waals surface area contributed by atoms with Crippen LogP contribution in [-0.4, -0.2) is 67.7 Å². The molecule has 2 unspecified atom stereocenters. The maximum absolute atomic E-state index is 13.1. The number of aryl methyl sites for hydroxylation is 1. The summed E-state index contributed by atoms with van der Waals surface area (Å²) in [6.45, 7) is 10.7. The van der Waals surface area contributed by atoms with Crippen LogP contribution in [0, 0.1) is 34.8 Å². The number of hydrogen-bond acceptors (Lipinski definition) is 6. The fourth-order valence-electron chi connectivity index (χ4n) is 5.27. The van der Waals surface area contributed by atoms with Crippen molar-refractivity contribution in [3.63, 3.8) is 0 Å². The lowest BCUT2D eigenvalue weighted by Crippen LogP contribution is -2.43. The van der Waals surface area contributed by atoms with Gasteiger partial charge in [-0.2, -0.15) is 4.31 Å². The third-order valence-corrected chi connectivity index (χ3v) is 9.01. The van der Waals surface area contributed by atoms with Crippen molar-refractivity contribution < 1.29 is 18.1 Å². The number of rotatable bonds is 9. The molecule has 0 aromatic heterocycles. The molecule has 0 radical (unpaired) electrons. The van der Waals surface area contributed by atoms with Gasteiger partial charge in [-0.3, -0.25) is 14.9 Å². The van der Waals surface area contributed by atoms with Gasteiger partial charge in [0.2, 0.25) is 15.9 Å². The summed E-state index contributed by atoms with van der Waals surface area (Å²) in [5.41, 5.74) is 0.224. The van der Waals surface area contributed by atoms with Crippen molar-refractivity contribution in [2.24, 2.45) is 17.8 Å². The van der Waals surface area contributed by atoms with E-state index in [1.54, 1.807) is 6.92 Å². The molecular weight excluding hydrogens is 456 g/mol. The van der Waals surface area contributed by atoms with Crippen LogP contribution in [0.2, 0.25) is 0 Å². The molecule has 2 saturated heterocycles. The van der Waals surface area contributed by atoms with Gasteiger partial charge in [0, 0.05) is 50.8 Å². The van der Waals surface area contributed by atoms with E-state index < -0.39 is 14.9 Å². The highest BCUT2D eigenvalue weighted by molar-refractivity contribution is 7.89. The first-order valence-electron chi connectivity index (χ1n) is 12.3. The number of sulfonamides is 1. The number of nitro benzene ring substituents is 1. The number of hydrogen-bond donors (Lipinski definition) is 1. The zero-order chi connectivity index (χ0) is 24.9. The SMILES string of the molecule is Cc1ccc([N+](=O)[O-])cc1S(=O)(=O)N1CCC(C(=O)NCCCCN2CC(C)CC(C)C2)CC1. The molecule has 190 valence electrons. The van der Waals surface area contributed by atoms with Crippen LogP contribution in [0.1, 0.15) is 51.5 Å². The molecule has 0 aliphatic carbocycles. The topological polar surface area (TPSA) is 113 Å². The number of nitrogens with zero attached hydrogens (tertiary/aromatic N) is 3. The third-order valence-electron chi connectivity index (χ3n) is 6.97. The van der Waals surface area contributed by atoms with Crippen molar-refractivity contribution in [2.75, 3.05) is 39.3 Å². The first kappa shape index (κ1) is 26.6. The van der Waals surface area contributed by atoms with Crippen molar-refractivity contribution >= 4 is 21.6 Å². The summed E-state index contributed by atoms with van der Waals surface area (Å²) >= 11 is 0. The van der Waals surface area contributed by atoms with Gasteiger partial charge >= 0.3 is 0 Å². The summed E-state index contributed by atoms with van der Waals surface area (Å²) in [5.74, 6) is 1.28. The molecule has 0 saturated carbocycles. The zero-order valence-electron chi connectivity index (χ0n) is 20.5. The quantitative estimate of drug-likeness (QED) is 0.320. The van der Waals surface area contributed by atoms with E-state index in [1.165, 1.54) is 22.9 Å². The first-order chi connectivity index (χ1) is 16.1. The molecule has 9 nitrogen and oxygen atoms in total. The lowest BCUT2D eigenvalue weighted by Gasteiger charge is -2.35. The van der Waals surface area contributed by atoms with E-state index in [0.29, 0.717) is 24.9 Å². The third kappa shape index (κ3) is 6.76. The Bertz CT molecular complexity index is 966. The Hall–Kier alpha value is -2.04. The van der Waals surface area contributed by atoms with Crippen LogP contribution in [0.3, 0.4) is 0 Å². The maximum Gasteiger partial charge on any atom is 0.270 e. The average molecular weight is 495 g/mol. The second-order valence-electron chi connectivity index (χ2n) is 10.1. The Morgan fingerprint density at radius 3 is 2.41 bits per heavy atom. The number of non-ortho nitro benzene ring substituents is 1. The number of likely N-dealkylation sites (tertiary alicyclic amines) is 1. The van der Waals surface area contributed by atoms with Crippen LogP contribution in [0.5, 0.6) is 0 Å². The monoisotopic (exact) mass is 494 g/mol. The van der Waals surface area contributed by atoms with Gasteiger partial charge in [0.25, 0.3) is 5.69 Å². The highest BCUT2D eigenvalue weighted by Crippen LogP contribution is 2.28. The zero-order valence-corrected chi connectivity index (χ0v) is 21.3. The highest BCUT2D eigenvalue weighted by atomic mass is 32.2. The number of unbranched alkanes of at least 4 members (excludes halogenated alkanes) is 1. The molecule has 1 aromatic rings. The smallest absolute Gasteiger partial charge is 0.270 e. The van der Waals surface area contributed by atoms with Crippen molar-refractivity contribution in [3.05, 3.63) is 33.9 Å². The summed E-state index contributed by atoms with van der Waals surface area (Å²) in [5, 5.41) is 14.1. The molecule has 34 heavy (non-hydrogen) atoms. The van der Waals surface area contributed by atoms with Gasteiger partial charge in [0.15, 0.2) is 0 Å². The molecule has 2 heterocycles. The van der Waals surface area contributed by atoms with E-state index >= 15 is 0 Å². The standard InChI is InChI=1S/C24H38N4O5S/c1-18-14-19(2)17-26(16-18)11-5-4-10-25-24(29)21-8-12-27(13-9-21)34(32,33)23-15-22(28(30)31)7-6-20(23)3/h6-7,15,18-19,21H,4-5,8-14,16-17H2,1-3H3,(H,25,29). The number of nitro groups is 1. The fourth-order valence-corrected chi connectivity index (χ4v) is 6.98. The van der Waals surface area contributed by atoms with Crippen LogP contribution in [0.4, 0.5) is 5.69 Å². The summed E-state index contributed by atoms with van der Waals surface area (Å²) in [7, 11) is -3.85. The Labute approximate surface area is 203 Å². The summed E-state index contributed by atoms with van der Waals surface area (Å²) in [6, 6.07) is 3.88. The van der Waals surface area contributed by atoms with Gasteiger partial charge in [0.05, 0.1) is 9.82 Å². The Balaban J connectivity index is 1.42. The molecule has 3 rings (SSSR count). The number of amides is 1. The van der Waals surface area contributed by atoms with Gasteiger partial charge in [-0.05, 0) is 63.0 Å². The maximum atomic E-state index is 13.1. The van der Waals surface area contributed by atoms with E-state index in [4.69, 9.17) is 0 Å². The minimum Gasteiger partial charge on any atom is -0.356 e. The van der Waals surface area contributed by atoms with E-state index in [1.807, 2.05) is 0 Å². The van der Waals surface area contributed by atoms with Crippen molar-refractivity contribution in [2.45, 2.75) is 57.8 Å². The number of benzene rings is 1. The predicted octanol–water partition coefficient (Wildman–Crippen LogP) is 3.18. The lowest BCUT2D eigenvalue weighted by molar-refractivity contribution is -0.385. The first-order valence-corrected chi connectivity index (χ1v) is 13.8. The van der Waals surface area contributed by atoms with Gasteiger partial charge in [-0.25, -0.2) is 8.42 Å². The van der Waals surface area contributed by atoms with E-state index in [2.05, 4.69) is 24.1 Å². The largest absolute Gasteiger partial charge is 0.356 e. The minimum atomic E-state index is -3.85. The normalized spacial score (nSPS) is 23.0. The Morgan fingerprint density at radius 1 is 1.15 bits per heavy atom. The number of carbonyl (C=O) groups excluding carboxylic acids is 1. The number of carbonyl (C=O) groups is 1. The fraction of sp³-hybridized carbons (Fsp3) is 0.708. The molecule has 1 amide bonds. The molecule has 0 spiro atoms. The van der Waals surface area contributed by atoms with Gasteiger partial charge in [-0.15, -0.1) is 0 Å². The number of nitrogens with one attached hydrogen (secondary N) is 1. The highest BCUT2D eigenvalue weighted by Gasteiger charge is 2.33. The molecule has 10 heteroatoms. The van der Waals surface area contributed by atoms with Crippen LogP contribution in [0.15, 0.2) is 23.1 Å². The van der Waals surface area contributed by atoms with Crippen LogP contribution in [-0.2, 0) is 14.8 Å². The Morgan fingerprint density at radius 2 is 1.79 bits per heavy atom. The second kappa shape index (κ2) is 11.6. The van der Waals surface area contributed by atoms with E-state index in [9.17, 15) is 23.3 Å². The minimum absolute atomic E-state index is 0.0104. The van der Waals surface area contributed by atoms with Crippen LogP contribution < -0.4 is 5.32 Å². The summed E-state index contributed by atoms with van der Waals surface area (Å²) in [6.07, 6.45) is 4.19. The lowest BCUT2D eigenvalue weighted by atomic mass is 9.92. The Kier molecular flexibility index (Phi) is 9.06. The summed E-state index contributed by atoms with van der Waals surface area (Å²) in [4.78, 5) is 25.5. The van der Waals surface area contributed by atoms with E-state index in [0.717, 1.165) is 50.4 Å². The van der Waals surface area contributed by atoms with Crippen molar-refractivity contribution in [3.8, 4) is 0 Å². The van der Waals surface area contributed by atoms with Gasteiger partial charge < -0.3 is 10.2 Å². The predicted molar refractivity (Wildman–Crippen MR) is 131 cm³/mol. The summed E-state index contributed by atoms with van der Waals surface area (Å²) < 4.78 is 27.5. The van der Waals surface area contributed by atoms with Crippen LogP contribution >= 0.6 is 0 Å². The molecule has 1 N–H and O–H groups in total. The second-order valence-corrected chi connectivity index (χ2v) is 12.0. The molecule has 2 atom stereocenters. The van der Waals surface area contributed by atoms with Crippen molar-refractivity contribution in [1.82, 2.24) is 14.5 Å². The molecule has 2 aliphatic rings. The van der Waals surface area contributed by atoms with E-state index in [-0.39, 0.29) is 35.5 Å². The van der Waals surface area contributed by atoms with Gasteiger partial charge in [-0.1, -0.05) is 19.9 Å². The van der Waals surface area contributed by atoms with Crippen molar-refractivity contribution in [1.29, 1.82) is 0 Å². The molecule has 0 bridgehead atoms. The van der Waals surface area contributed by atoms with Crippen LogP contribution in [0.25, 0.3) is 0 Å².